The largest absolute Gasteiger partial charge is 0.396 e. The summed E-state index contributed by atoms with van der Waals surface area (Å²) in [5.74, 6) is 0.404. The van der Waals surface area contributed by atoms with E-state index < -0.39 is 0 Å². The van der Waals surface area contributed by atoms with Gasteiger partial charge in [0.2, 0.25) is 0 Å². The fourth-order valence-corrected chi connectivity index (χ4v) is 2.05. The van der Waals surface area contributed by atoms with Crippen molar-refractivity contribution in [3.8, 4) is 0 Å². The van der Waals surface area contributed by atoms with E-state index >= 15 is 0 Å². The topological polar surface area (TPSA) is 29.5 Å². The molecular formula is C9H17IO2. The zero-order valence-corrected chi connectivity index (χ0v) is 9.50. The Bertz CT molecular complexity index is 119. The lowest BCUT2D eigenvalue weighted by atomic mass is 9.87. The Morgan fingerprint density at radius 3 is 2.75 bits per heavy atom. The third kappa shape index (κ3) is 3.18. The number of alkyl halides is 1. The molecule has 0 aromatic rings. The van der Waals surface area contributed by atoms with Crippen molar-refractivity contribution in [2.45, 2.75) is 31.8 Å². The van der Waals surface area contributed by atoms with E-state index in [9.17, 15) is 0 Å². The molecule has 1 saturated carbocycles. The third-order valence-electron chi connectivity index (χ3n) is 2.48. The SMILES string of the molecule is OCC1CCCCC1OCCI. The van der Waals surface area contributed by atoms with E-state index in [0.29, 0.717) is 18.6 Å². The van der Waals surface area contributed by atoms with Crippen molar-refractivity contribution in [1.82, 2.24) is 0 Å². The molecule has 0 aromatic carbocycles. The molecule has 0 bridgehead atoms. The maximum absolute atomic E-state index is 9.08. The van der Waals surface area contributed by atoms with Crippen molar-refractivity contribution in [3.05, 3.63) is 0 Å². The molecule has 0 aliphatic heterocycles. The van der Waals surface area contributed by atoms with Crippen molar-refractivity contribution < 1.29 is 9.84 Å². The van der Waals surface area contributed by atoms with Gasteiger partial charge in [-0.3, -0.25) is 0 Å². The zero-order valence-electron chi connectivity index (χ0n) is 7.34. The van der Waals surface area contributed by atoms with Gasteiger partial charge < -0.3 is 9.84 Å². The fraction of sp³-hybridized carbons (Fsp3) is 1.00. The minimum atomic E-state index is 0.298. The lowest BCUT2D eigenvalue weighted by Crippen LogP contribution is -2.30. The Morgan fingerprint density at radius 2 is 2.08 bits per heavy atom. The fourth-order valence-electron chi connectivity index (χ4n) is 1.80. The number of aliphatic hydroxyl groups excluding tert-OH is 1. The third-order valence-corrected chi connectivity index (χ3v) is 2.92. The molecule has 1 rings (SSSR count). The lowest BCUT2D eigenvalue weighted by molar-refractivity contribution is -0.0210. The van der Waals surface area contributed by atoms with Crippen LogP contribution in [0.2, 0.25) is 0 Å². The van der Waals surface area contributed by atoms with Crippen LogP contribution < -0.4 is 0 Å². The number of rotatable bonds is 4. The molecule has 0 amide bonds. The quantitative estimate of drug-likeness (QED) is 0.632. The number of aliphatic hydroxyl groups is 1. The van der Waals surface area contributed by atoms with Gasteiger partial charge >= 0.3 is 0 Å². The molecule has 0 saturated heterocycles. The smallest absolute Gasteiger partial charge is 0.0625 e. The molecule has 2 atom stereocenters. The standard InChI is InChI=1S/C9H17IO2/c10-5-6-12-9-4-2-1-3-8(9)7-11/h8-9,11H,1-7H2. The molecule has 2 nitrogen and oxygen atoms in total. The van der Waals surface area contributed by atoms with Crippen LogP contribution in [-0.4, -0.2) is 28.9 Å². The Hall–Kier alpha value is 0.650. The van der Waals surface area contributed by atoms with Gasteiger partial charge in [-0.25, -0.2) is 0 Å². The summed E-state index contributed by atoms with van der Waals surface area (Å²) >= 11 is 2.32. The molecule has 1 aliphatic carbocycles. The van der Waals surface area contributed by atoms with Gasteiger partial charge in [-0.05, 0) is 12.8 Å². The van der Waals surface area contributed by atoms with Crippen LogP contribution in [0, 0.1) is 5.92 Å². The highest BCUT2D eigenvalue weighted by atomic mass is 127. The van der Waals surface area contributed by atoms with Crippen LogP contribution in [0.25, 0.3) is 0 Å². The number of ether oxygens (including phenoxy) is 1. The molecule has 0 aromatic heterocycles. The first-order valence-electron chi connectivity index (χ1n) is 4.67. The van der Waals surface area contributed by atoms with Gasteiger partial charge in [-0.15, -0.1) is 0 Å². The summed E-state index contributed by atoms with van der Waals surface area (Å²) < 4.78 is 6.72. The highest BCUT2D eigenvalue weighted by Gasteiger charge is 2.24. The van der Waals surface area contributed by atoms with Crippen LogP contribution in [0.15, 0.2) is 0 Å². The Kier molecular flexibility index (Phi) is 5.50. The molecule has 72 valence electrons. The van der Waals surface area contributed by atoms with Crippen LogP contribution in [0.5, 0.6) is 0 Å². The first kappa shape index (κ1) is 10.7. The first-order valence-corrected chi connectivity index (χ1v) is 6.19. The normalized spacial score (nSPS) is 30.5. The minimum absolute atomic E-state index is 0.298. The van der Waals surface area contributed by atoms with Crippen molar-refractivity contribution in [3.63, 3.8) is 0 Å². The van der Waals surface area contributed by atoms with Gasteiger partial charge in [0.25, 0.3) is 0 Å². The van der Waals surface area contributed by atoms with Gasteiger partial charge in [-0.1, -0.05) is 35.4 Å². The van der Waals surface area contributed by atoms with Gasteiger partial charge in [0.05, 0.1) is 12.7 Å². The maximum atomic E-state index is 9.08. The zero-order chi connectivity index (χ0) is 8.81. The van der Waals surface area contributed by atoms with E-state index in [0.717, 1.165) is 23.9 Å². The monoisotopic (exact) mass is 284 g/mol. The summed E-state index contributed by atoms with van der Waals surface area (Å²) in [6, 6.07) is 0. The lowest BCUT2D eigenvalue weighted by Gasteiger charge is -2.29. The second-order valence-electron chi connectivity index (χ2n) is 3.33. The van der Waals surface area contributed by atoms with Gasteiger partial charge in [-0.2, -0.15) is 0 Å². The van der Waals surface area contributed by atoms with Gasteiger partial charge in [0.15, 0.2) is 0 Å². The summed E-state index contributed by atoms with van der Waals surface area (Å²) in [5, 5.41) is 9.08. The summed E-state index contributed by atoms with van der Waals surface area (Å²) in [6.07, 6.45) is 5.14. The van der Waals surface area contributed by atoms with Crippen LogP contribution in [0.1, 0.15) is 25.7 Å². The minimum Gasteiger partial charge on any atom is -0.396 e. The molecule has 2 unspecified atom stereocenters. The maximum Gasteiger partial charge on any atom is 0.0625 e. The average molecular weight is 284 g/mol. The van der Waals surface area contributed by atoms with Crippen LogP contribution in [-0.2, 0) is 4.74 Å². The van der Waals surface area contributed by atoms with Crippen LogP contribution in [0.3, 0.4) is 0 Å². The molecule has 1 fully saturated rings. The Labute approximate surface area is 87.8 Å². The molecular weight excluding hydrogens is 267 g/mol. The molecule has 3 heteroatoms. The Balaban J connectivity index is 2.26. The predicted molar refractivity (Wildman–Crippen MR) is 57.7 cm³/mol. The van der Waals surface area contributed by atoms with E-state index in [1.807, 2.05) is 0 Å². The summed E-state index contributed by atoms with van der Waals surface area (Å²) in [5.41, 5.74) is 0. The van der Waals surface area contributed by atoms with Crippen molar-refractivity contribution in [2.24, 2.45) is 5.92 Å². The van der Waals surface area contributed by atoms with E-state index in [2.05, 4.69) is 22.6 Å². The molecule has 12 heavy (non-hydrogen) atoms. The highest BCUT2D eigenvalue weighted by molar-refractivity contribution is 14.1. The number of hydrogen-bond donors (Lipinski definition) is 1. The molecule has 0 spiro atoms. The summed E-state index contributed by atoms with van der Waals surface area (Å²) in [4.78, 5) is 0. The second kappa shape index (κ2) is 6.16. The number of hydrogen-bond acceptors (Lipinski definition) is 2. The Morgan fingerprint density at radius 1 is 1.33 bits per heavy atom. The molecule has 1 N–H and O–H groups in total. The van der Waals surface area contributed by atoms with E-state index in [4.69, 9.17) is 9.84 Å². The molecule has 0 radical (unpaired) electrons. The predicted octanol–water partition coefficient (Wildman–Crippen LogP) is 1.99. The summed E-state index contributed by atoms with van der Waals surface area (Å²) in [6.45, 7) is 1.13. The average Bonchev–Trinajstić information content (AvgIpc) is 2.15. The summed E-state index contributed by atoms with van der Waals surface area (Å²) in [7, 11) is 0. The van der Waals surface area contributed by atoms with Crippen molar-refractivity contribution in [2.75, 3.05) is 17.6 Å². The van der Waals surface area contributed by atoms with E-state index in [1.165, 1.54) is 12.8 Å². The van der Waals surface area contributed by atoms with Crippen molar-refractivity contribution >= 4 is 22.6 Å². The molecule has 0 heterocycles. The van der Waals surface area contributed by atoms with Crippen LogP contribution in [0.4, 0.5) is 0 Å². The van der Waals surface area contributed by atoms with Gasteiger partial charge in [0.1, 0.15) is 0 Å². The van der Waals surface area contributed by atoms with Crippen molar-refractivity contribution in [1.29, 1.82) is 0 Å². The van der Waals surface area contributed by atoms with Crippen LogP contribution >= 0.6 is 22.6 Å². The first-order chi connectivity index (χ1) is 5.88. The van der Waals surface area contributed by atoms with E-state index in [-0.39, 0.29) is 0 Å². The van der Waals surface area contributed by atoms with E-state index in [1.54, 1.807) is 0 Å². The number of halogens is 1. The molecule has 1 aliphatic rings. The highest BCUT2D eigenvalue weighted by Crippen LogP contribution is 2.26. The second-order valence-corrected chi connectivity index (χ2v) is 4.40. The van der Waals surface area contributed by atoms with Gasteiger partial charge in [0, 0.05) is 17.0 Å².